The van der Waals surface area contributed by atoms with Gasteiger partial charge in [-0.15, -0.1) is 11.3 Å². The van der Waals surface area contributed by atoms with Gasteiger partial charge in [-0.2, -0.15) is 0 Å². The summed E-state index contributed by atoms with van der Waals surface area (Å²) in [6, 6.07) is 8.27. The number of carbonyl (C=O) groups is 2. The second-order valence-corrected chi connectivity index (χ2v) is 6.33. The Balaban J connectivity index is 0.000000647. The smallest absolute Gasteiger partial charge is 0.252 e. The molecule has 24 heavy (non-hydrogen) atoms. The third-order valence-corrected chi connectivity index (χ3v) is 4.98. The van der Waals surface area contributed by atoms with Crippen molar-refractivity contribution in [2.24, 2.45) is 11.5 Å². The minimum absolute atomic E-state index is 0.250. The Morgan fingerprint density at radius 2 is 1.96 bits per heavy atom. The molecule has 0 radical (unpaired) electrons. The van der Waals surface area contributed by atoms with E-state index in [1.807, 2.05) is 6.07 Å². The SMILES string of the molecule is CNc1[nH]c(-c2sc3ccc(C)cc3c2C)cc1C(N)=O.NC=O. The van der Waals surface area contributed by atoms with E-state index in [1.165, 1.54) is 21.2 Å². The van der Waals surface area contributed by atoms with E-state index < -0.39 is 5.91 Å². The third-order valence-electron chi connectivity index (χ3n) is 3.67. The monoisotopic (exact) mass is 344 g/mol. The van der Waals surface area contributed by atoms with Gasteiger partial charge >= 0.3 is 0 Å². The van der Waals surface area contributed by atoms with Crippen LogP contribution in [0, 0.1) is 13.8 Å². The summed E-state index contributed by atoms with van der Waals surface area (Å²) in [4.78, 5) is 24.5. The number of rotatable bonds is 3. The summed E-state index contributed by atoms with van der Waals surface area (Å²) < 4.78 is 1.24. The lowest BCUT2D eigenvalue weighted by Crippen LogP contribution is -2.11. The van der Waals surface area contributed by atoms with Crippen molar-refractivity contribution in [3.63, 3.8) is 0 Å². The number of nitrogens with two attached hydrogens (primary N) is 2. The predicted molar refractivity (Wildman–Crippen MR) is 99.4 cm³/mol. The maximum Gasteiger partial charge on any atom is 0.252 e. The van der Waals surface area contributed by atoms with Crippen LogP contribution in [0.4, 0.5) is 5.82 Å². The minimum Gasteiger partial charge on any atom is -0.374 e. The first-order valence-corrected chi connectivity index (χ1v) is 8.10. The molecule has 0 fully saturated rings. The highest BCUT2D eigenvalue weighted by Gasteiger charge is 2.17. The fourth-order valence-electron chi connectivity index (χ4n) is 2.56. The van der Waals surface area contributed by atoms with E-state index in [1.54, 1.807) is 18.4 Å². The number of amides is 2. The molecular weight excluding hydrogens is 324 g/mol. The topological polar surface area (TPSA) is 114 Å². The van der Waals surface area contributed by atoms with Crippen LogP contribution in [-0.4, -0.2) is 24.3 Å². The van der Waals surface area contributed by atoms with E-state index >= 15 is 0 Å². The maximum atomic E-state index is 11.5. The number of nitrogens with one attached hydrogen (secondary N) is 2. The molecule has 3 aromatic rings. The van der Waals surface area contributed by atoms with Crippen molar-refractivity contribution >= 4 is 39.6 Å². The number of benzene rings is 1. The largest absolute Gasteiger partial charge is 0.374 e. The van der Waals surface area contributed by atoms with Crippen LogP contribution in [0.3, 0.4) is 0 Å². The van der Waals surface area contributed by atoms with Crippen LogP contribution >= 0.6 is 11.3 Å². The molecule has 0 saturated heterocycles. The molecular formula is C17H20N4O2S. The summed E-state index contributed by atoms with van der Waals surface area (Å²) in [6.07, 6.45) is 0.250. The van der Waals surface area contributed by atoms with Crippen LogP contribution < -0.4 is 16.8 Å². The van der Waals surface area contributed by atoms with Crippen molar-refractivity contribution in [1.82, 2.24) is 4.98 Å². The van der Waals surface area contributed by atoms with E-state index in [0.29, 0.717) is 11.4 Å². The molecule has 0 spiro atoms. The van der Waals surface area contributed by atoms with E-state index in [0.717, 1.165) is 10.6 Å². The number of aromatic nitrogens is 1. The first kappa shape index (κ1) is 17.6. The molecule has 2 heterocycles. The number of hydrogen-bond acceptors (Lipinski definition) is 4. The lowest BCUT2D eigenvalue weighted by Gasteiger charge is -1.98. The first-order chi connectivity index (χ1) is 11.4. The third kappa shape index (κ3) is 3.26. The van der Waals surface area contributed by atoms with Gasteiger partial charge in [-0.1, -0.05) is 17.7 Å². The van der Waals surface area contributed by atoms with Gasteiger partial charge in [0.1, 0.15) is 5.82 Å². The van der Waals surface area contributed by atoms with Gasteiger partial charge < -0.3 is 21.8 Å². The average Bonchev–Trinajstić information content (AvgIpc) is 3.10. The summed E-state index contributed by atoms with van der Waals surface area (Å²) >= 11 is 1.72. The highest BCUT2D eigenvalue weighted by Crippen LogP contribution is 2.39. The molecule has 2 amide bonds. The van der Waals surface area contributed by atoms with Gasteiger partial charge in [0.25, 0.3) is 5.91 Å². The van der Waals surface area contributed by atoms with Gasteiger partial charge in [-0.25, -0.2) is 0 Å². The number of carbonyl (C=O) groups excluding carboxylic acids is 2. The predicted octanol–water partition coefficient (Wildman–Crippen LogP) is 2.76. The van der Waals surface area contributed by atoms with Crippen LogP contribution in [-0.2, 0) is 4.79 Å². The van der Waals surface area contributed by atoms with Gasteiger partial charge in [-0.3, -0.25) is 9.59 Å². The molecule has 0 aliphatic carbocycles. The first-order valence-electron chi connectivity index (χ1n) is 7.29. The normalized spacial score (nSPS) is 10.1. The highest BCUT2D eigenvalue weighted by atomic mass is 32.1. The second-order valence-electron chi connectivity index (χ2n) is 5.28. The van der Waals surface area contributed by atoms with Crippen LogP contribution in [0.2, 0.25) is 0 Å². The Bertz CT molecular complexity index is 896. The zero-order valence-corrected chi connectivity index (χ0v) is 14.6. The average molecular weight is 344 g/mol. The van der Waals surface area contributed by atoms with Crippen LogP contribution in [0.15, 0.2) is 24.3 Å². The Hall–Kier alpha value is -2.80. The molecule has 6 N–H and O–H groups in total. The highest BCUT2D eigenvalue weighted by molar-refractivity contribution is 7.22. The molecule has 0 atom stereocenters. The Labute approximate surface area is 143 Å². The van der Waals surface area contributed by atoms with Gasteiger partial charge in [0.2, 0.25) is 6.41 Å². The van der Waals surface area contributed by atoms with Gasteiger partial charge in [0, 0.05) is 11.7 Å². The zero-order chi connectivity index (χ0) is 17.9. The quantitative estimate of drug-likeness (QED) is 0.548. The standard InChI is InChI=1S/C16H17N3OS.CH3NO/c1-8-4-5-13-10(6-8)9(2)14(21-13)12-7-11(15(17)20)16(18-3)19-12;2-1-3/h4-7,18-19H,1-3H3,(H2,17,20);1H,(H2,2,3). The van der Waals surface area contributed by atoms with Gasteiger partial charge in [0.05, 0.1) is 16.1 Å². The van der Waals surface area contributed by atoms with Crippen LogP contribution in [0.25, 0.3) is 20.7 Å². The van der Waals surface area contributed by atoms with E-state index in [9.17, 15) is 4.79 Å². The number of anilines is 1. The number of H-pyrrole nitrogens is 1. The van der Waals surface area contributed by atoms with Gasteiger partial charge in [-0.05, 0) is 36.9 Å². The molecule has 0 aliphatic heterocycles. The number of primary amides is 2. The van der Waals surface area contributed by atoms with Crippen molar-refractivity contribution in [2.45, 2.75) is 13.8 Å². The number of fused-ring (bicyclic) bond motifs is 1. The Kier molecular flexibility index (Phi) is 5.25. The lowest BCUT2D eigenvalue weighted by atomic mass is 10.1. The van der Waals surface area contributed by atoms with Crippen molar-refractivity contribution in [3.8, 4) is 10.6 Å². The maximum absolute atomic E-state index is 11.5. The molecule has 1 aromatic carbocycles. The zero-order valence-electron chi connectivity index (χ0n) is 13.8. The molecule has 126 valence electrons. The minimum atomic E-state index is -0.434. The van der Waals surface area contributed by atoms with Crippen molar-refractivity contribution in [3.05, 3.63) is 41.0 Å². The van der Waals surface area contributed by atoms with Crippen molar-refractivity contribution in [1.29, 1.82) is 0 Å². The molecule has 2 aromatic heterocycles. The summed E-state index contributed by atoms with van der Waals surface area (Å²) in [7, 11) is 1.77. The van der Waals surface area contributed by atoms with E-state index in [-0.39, 0.29) is 6.41 Å². The number of thiophene rings is 1. The molecule has 3 rings (SSSR count). The fraction of sp³-hybridized carbons (Fsp3) is 0.176. The molecule has 0 aliphatic rings. The van der Waals surface area contributed by atoms with Crippen LogP contribution in [0.1, 0.15) is 21.5 Å². The Morgan fingerprint density at radius 1 is 1.29 bits per heavy atom. The summed E-state index contributed by atoms with van der Waals surface area (Å²) in [6.45, 7) is 4.20. The number of aryl methyl sites for hydroxylation is 2. The molecule has 7 heteroatoms. The lowest BCUT2D eigenvalue weighted by molar-refractivity contribution is -0.106. The fourth-order valence-corrected chi connectivity index (χ4v) is 3.72. The summed E-state index contributed by atoms with van der Waals surface area (Å²) in [5, 5.41) is 4.24. The molecule has 0 saturated carbocycles. The number of aromatic amines is 1. The van der Waals surface area contributed by atoms with Crippen molar-refractivity contribution in [2.75, 3.05) is 12.4 Å². The second kappa shape index (κ2) is 7.18. The van der Waals surface area contributed by atoms with E-state index in [4.69, 9.17) is 10.5 Å². The van der Waals surface area contributed by atoms with Gasteiger partial charge in [0.15, 0.2) is 0 Å². The number of hydrogen-bond donors (Lipinski definition) is 4. The van der Waals surface area contributed by atoms with Crippen molar-refractivity contribution < 1.29 is 9.59 Å². The molecule has 0 bridgehead atoms. The van der Waals surface area contributed by atoms with Crippen LogP contribution in [0.5, 0.6) is 0 Å². The molecule has 6 nitrogen and oxygen atoms in total. The summed E-state index contributed by atoms with van der Waals surface area (Å²) in [5.41, 5.74) is 13.5. The summed E-state index contributed by atoms with van der Waals surface area (Å²) in [5.74, 6) is 0.224. The van der Waals surface area contributed by atoms with E-state index in [2.05, 4.69) is 48.1 Å². The Morgan fingerprint density at radius 3 is 2.50 bits per heavy atom. The molecule has 0 unspecified atom stereocenters.